The Morgan fingerprint density at radius 1 is 1.18 bits per heavy atom. The average Bonchev–Trinajstić information content (AvgIpc) is 3.22. The van der Waals surface area contributed by atoms with E-state index in [0.29, 0.717) is 12.0 Å². The number of ether oxygens (including phenoxy) is 1. The van der Waals surface area contributed by atoms with Crippen LogP contribution in [-0.2, 0) is 16.1 Å². The third-order valence-corrected chi connectivity index (χ3v) is 5.25. The molecule has 2 N–H and O–H groups in total. The van der Waals surface area contributed by atoms with Crippen LogP contribution in [0.5, 0.6) is 0 Å². The maximum absolute atomic E-state index is 12.7. The van der Waals surface area contributed by atoms with E-state index in [4.69, 9.17) is 4.74 Å². The highest BCUT2D eigenvalue weighted by Gasteiger charge is 2.43. The van der Waals surface area contributed by atoms with E-state index in [1.165, 1.54) is 34.1 Å². The topological polar surface area (TPSA) is 133 Å². The number of aliphatic hydroxyl groups is 2. The van der Waals surface area contributed by atoms with Gasteiger partial charge in [-0.1, -0.05) is 0 Å². The number of amides is 2. The number of benzene rings is 1. The number of carbonyl (C=O) groups excluding carboxylic acids is 2. The molecule has 11 heteroatoms. The summed E-state index contributed by atoms with van der Waals surface area (Å²) in [6, 6.07) is 4.85. The fourth-order valence-electron chi connectivity index (χ4n) is 3.35. The quantitative estimate of drug-likeness (QED) is 0.365. The SMILES string of the molecule is O=C([C@@H]1C[C@@H](S)CN1C(=O)OCc1ccc([N+](=O)[O-])cc1)N1C[C@@H](O)[C@H](O)C1. The van der Waals surface area contributed by atoms with Crippen LogP contribution < -0.4 is 0 Å². The zero-order valence-electron chi connectivity index (χ0n) is 14.9. The van der Waals surface area contributed by atoms with Gasteiger partial charge in [0.25, 0.3) is 5.69 Å². The molecule has 10 nitrogen and oxygen atoms in total. The number of carbonyl (C=O) groups is 2. The molecule has 0 unspecified atom stereocenters. The summed E-state index contributed by atoms with van der Waals surface area (Å²) in [6.07, 6.45) is -2.34. The molecule has 2 aliphatic heterocycles. The second-order valence-electron chi connectivity index (χ2n) is 6.91. The Kier molecular flexibility index (Phi) is 6.06. The Morgan fingerprint density at radius 3 is 2.36 bits per heavy atom. The van der Waals surface area contributed by atoms with E-state index >= 15 is 0 Å². The Morgan fingerprint density at radius 2 is 1.79 bits per heavy atom. The third kappa shape index (κ3) is 4.37. The maximum Gasteiger partial charge on any atom is 0.410 e. The summed E-state index contributed by atoms with van der Waals surface area (Å²) in [5, 5.41) is 29.8. The lowest BCUT2D eigenvalue weighted by Crippen LogP contribution is -2.47. The molecule has 1 aromatic carbocycles. The van der Waals surface area contributed by atoms with Crippen molar-refractivity contribution in [2.75, 3.05) is 19.6 Å². The van der Waals surface area contributed by atoms with Crippen LogP contribution in [0.4, 0.5) is 10.5 Å². The molecule has 152 valence electrons. The number of rotatable bonds is 4. The number of thiol groups is 1. The van der Waals surface area contributed by atoms with Gasteiger partial charge in [0.15, 0.2) is 0 Å². The van der Waals surface area contributed by atoms with Crippen molar-refractivity contribution in [1.82, 2.24) is 9.80 Å². The third-order valence-electron chi connectivity index (χ3n) is 4.88. The standard InChI is InChI=1S/C17H21N3O7S/c21-14-7-18(8-15(14)22)16(23)13-5-12(28)6-19(13)17(24)27-9-10-1-3-11(4-2-10)20(25)26/h1-4,12-15,21-22,28H,5-9H2/t12-,13+,14-,15-/m1/s1. The van der Waals surface area contributed by atoms with Crippen molar-refractivity contribution < 1.29 is 29.5 Å². The van der Waals surface area contributed by atoms with E-state index in [-0.39, 0.29) is 43.1 Å². The van der Waals surface area contributed by atoms with Crippen molar-refractivity contribution in [2.45, 2.75) is 36.5 Å². The number of nitro groups is 1. The lowest BCUT2D eigenvalue weighted by molar-refractivity contribution is -0.384. The Bertz CT molecular complexity index is 750. The number of non-ortho nitro benzene ring substituents is 1. The van der Waals surface area contributed by atoms with Crippen LogP contribution in [0.1, 0.15) is 12.0 Å². The monoisotopic (exact) mass is 411 g/mol. The van der Waals surface area contributed by atoms with Gasteiger partial charge in [-0.3, -0.25) is 19.8 Å². The number of likely N-dealkylation sites (tertiary alicyclic amines) is 2. The highest BCUT2D eigenvalue weighted by Crippen LogP contribution is 2.26. The molecular weight excluding hydrogens is 390 g/mol. The summed E-state index contributed by atoms with van der Waals surface area (Å²) >= 11 is 4.36. The van der Waals surface area contributed by atoms with Gasteiger partial charge in [0.2, 0.25) is 5.91 Å². The van der Waals surface area contributed by atoms with E-state index in [1.54, 1.807) is 0 Å². The van der Waals surface area contributed by atoms with Crippen LogP contribution in [0, 0.1) is 10.1 Å². The van der Waals surface area contributed by atoms with E-state index in [9.17, 15) is 29.9 Å². The second kappa shape index (κ2) is 8.33. The lowest BCUT2D eigenvalue weighted by atomic mass is 10.2. The number of hydrogen-bond acceptors (Lipinski definition) is 8. The van der Waals surface area contributed by atoms with Crippen molar-refractivity contribution >= 4 is 30.3 Å². The molecule has 0 spiro atoms. The van der Waals surface area contributed by atoms with Gasteiger partial charge in [-0.2, -0.15) is 12.6 Å². The molecule has 0 aromatic heterocycles. The summed E-state index contributed by atoms with van der Waals surface area (Å²) in [5.74, 6) is -0.362. The minimum atomic E-state index is -1.00. The first-order chi connectivity index (χ1) is 13.3. The van der Waals surface area contributed by atoms with Gasteiger partial charge in [-0.15, -0.1) is 0 Å². The van der Waals surface area contributed by atoms with E-state index in [1.807, 2.05) is 0 Å². The predicted octanol–water partition coefficient (Wildman–Crippen LogP) is 0.168. The molecule has 2 saturated heterocycles. The molecule has 0 aliphatic carbocycles. The van der Waals surface area contributed by atoms with Crippen LogP contribution >= 0.6 is 12.6 Å². The van der Waals surface area contributed by atoms with Crippen LogP contribution in [0.25, 0.3) is 0 Å². The van der Waals surface area contributed by atoms with Gasteiger partial charge in [0.1, 0.15) is 12.6 Å². The van der Waals surface area contributed by atoms with Gasteiger partial charge in [-0.25, -0.2) is 4.79 Å². The Hall–Kier alpha value is -2.37. The van der Waals surface area contributed by atoms with E-state index in [0.717, 1.165) is 0 Å². The Labute approximate surface area is 166 Å². The smallest absolute Gasteiger partial charge is 0.410 e. The first-order valence-electron chi connectivity index (χ1n) is 8.76. The minimum Gasteiger partial charge on any atom is -0.445 e. The molecule has 3 rings (SSSR count). The van der Waals surface area contributed by atoms with Gasteiger partial charge in [0.05, 0.1) is 17.1 Å². The molecule has 2 aliphatic rings. The number of β-amino-alcohol motifs (C(OH)–C–C–N with tert-alkyl or cyclic N) is 2. The minimum absolute atomic E-state index is 0.0133. The number of aliphatic hydroxyl groups excluding tert-OH is 2. The average molecular weight is 411 g/mol. The van der Waals surface area contributed by atoms with Crippen molar-refractivity contribution in [3.05, 3.63) is 39.9 Å². The fourth-order valence-corrected chi connectivity index (χ4v) is 3.73. The van der Waals surface area contributed by atoms with Crippen molar-refractivity contribution in [3.63, 3.8) is 0 Å². The summed E-state index contributed by atoms with van der Waals surface area (Å²) in [5.41, 5.74) is 0.516. The normalized spacial score (nSPS) is 27.1. The van der Waals surface area contributed by atoms with Crippen LogP contribution in [0.15, 0.2) is 24.3 Å². The van der Waals surface area contributed by atoms with Crippen LogP contribution in [-0.4, -0.2) is 80.1 Å². The summed E-state index contributed by atoms with van der Waals surface area (Å²) < 4.78 is 5.26. The first kappa shape index (κ1) is 20.4. The second-order valence-corrected chi connectivity index (χ2v) is 7.64. The van der Waals surface area contributed by atoms with Crippen molar-refractivity contribution in [1.29, 1.82) is 0 Å². The summed E-state index contributed by atoms with van der Waals surface area (Å²) in [4.78, 5) is 38.0. The van der Waals surface area contributed by atoms with Crippen molar-refractivity contribution in [2.24, 2.45) is 0 Å². The van der Waals surface area contributed by atoms with Crippen molar-refractivity contribution in [3.8, 4) is 0 Å². The highest BCUT2D eigenvalue weighted by atomic mass is 32.1. The summed E-state index contributed by atoms with van der Waals surface area (Å²) in [7, 11) is 0. The molecule has 2 amide bonds. The number of hydrogen-bond donors (Lipinski definition) is 3. The number of nitrogens with zero attached hydrogens (tertiary/aromatic N) is 3. The highest BCUT2D eigenvalue weighted by molar-refractivity contribution is 7.81. The Balaban J connectivity index is 1.61. The first-order valence-corrected chi connectivity index (χ1v) is 9.27. The van der Waals surface area contributed by atoms with Gasteiger partial charge in [0, 0.05) is 37.0 Å². The fraction of sp³-hybridized carbons (Fsp3) is 0.529. The number of nitro benzene ring substituents is 1. The molecule has 1 aromatic rings. The van der Waals surface area contributed by atoms with E-state index < -0.39 is 29.3 Å². The predicted molar refractivity (Wildman–Crippen MR) is 99.8 cm³/mol. The molecule has 0 bridgehead atoms. The molecule has 2 fully saturated rings. The molecule has 0 radical (unpaired) electrons. The molecule has 4 atom stereocenters. The molecule has 2 heterocycles. The van der Waals surface area contributed by atoms with Crippen LogP contribution in [0.2, 0.25) is 0 Å². The molecule has 28 heavy (non-hydrogen) atoms. The lowest BCUT2D eigenvalue weighted by Gasteiger charge is -2.27. The summed E-state index contributed by atoms with van der Waals surface area (Å²) in [6.45, 7) is 0.170. The zero-order valence-corrected chi connectivity index (χ0v) is 15.8. The largest absolute Gasteiger partial charge is 0.445 e. The molecule has 0 saturated carbocycles. The van der Waals surface area contributed by atoms with Gasteiger partial charge in [-0.05, 0) is 24.1 Å². The zero-order chi connectivity index (χ0) is 20.4. The van der Waals surface area contributed by atoms with E-state index in [2.05, 4.69) is 12.6 Å². The molecular formula is C17H21N3O7S. The van der Waals surface area contributed by atoms with Gasteiger partial charge >= 0.3 is 6.09 Å². The van der Waals surface area contributed by atoms with Gasteiger partial charge < -0.3 is 19.8 Å². The maximum atomic E-state index is 12.7. The van der Waals surface area contributed by atoms with Crippen LogP contribution in [0.3, 0.4) is 0 Å².